The molecule has 0 aliphatic carbocycles. The molecule has 2 atom stereocenters. The van der Waals surface area contributed by atoms with Gasteiger partial charge in [0.05, 0.1) is 39.9 Å². The molecule has 0 spiro atoms. The number of halogens is 4. The molecule has 9 rings (SSSR count). The lowest BCUT2D eigenvalue weighted by Crippen LogP contribution is -2.51. The molecule has 3 aliphatic heterocycles. The third-order valence-electron chi connectivity index (χ3n) is 11.8. The summed E-state index contributed by atoms with van der Waals surface area (Å²) in [6.07, 6.45) is -3.06. The zero-order chi connectivity index (χ0) is 43.7. The maximum atomic E-state index is 14.7. The lowest BCUT2D eigenvalue weighted by atomic mass is 9.94. The highest BCUT2D eigenvalue weighted by Gasteiger charge is 2.41. The summed E-state index contributed by atoms with van der Waals surface area (Å²) >= 11 is 6.27. The van der Waals surface area contributed by atoms with Crippen molar-refractivity contribution in [1.82, 2.24) is 34.0 Å². The first-order chi connectivity index (χ1) is 29.6. The lowest BCUT2D eigenvalue weighted by molar-refractivity contribution is -0.137. The lowest BCUT2D eigenvalue weighted by Gasteiger charge is -2.36. The number of aryl methyl sites for hydroxylation is 1. The Kier molecular flexibility index (Phi) is 10.3. The number of alkyl halides is 3. The second kappa shape index (κ2) is 15.5. The normalized spacial score (nSPS) is 18.2. The van der Waals surface area contributed by atoms with Gasteiger partial charge in [0.15, 0.2) is 17.3 Å². The van der Waals surface area contributed by atoms with Crippen molar-refractivity contribution in [3.63, 3.8) is 0 Å². The second-order valence-electron chi connectivity index (χ2n) is 16.3. The van der Waals surface area contributed by atoms with Crippen LogP contribution in [0.5, 0.6) is 5.75 Å². The molecular formula is C44H41ClF3N9O5. The van der Waals surface area contributed by atoms with Gasteiger partial charge in [-0.3, -0.25) is 19.0 Å². The molecular weight excluding hydrogens is 827 g/mol. The van der Waals surface area contributed by atoms with Crippen molar-refractivity contribution in [2.24, 2.45) is 0 Å². The Morgan fingerprint density at radius 2 is 1.77 bits per heavy atom. The standard InChI is InChI=1S/C44H41ClF3N9O5/c1-24-18-33(39(58)51-32-13-11-29(20-31(32)45)44(46,47)48)56-35(24)36(41(60)57-42(56)52-38(53-57)27-10-12-30-28(19-27)22-62-43(30,3)4)54-14-16-55(17-15-54)40(59)34-37(25(2)49-23-50-34)61-21-26-8-6-5-7-9-26/h5-13,19-20,23-24,33H,14-18,21-22H2,1-4H3,(H,51,58)/t24-,33?/m1/s1. The number of aromatic nitrogens is 6. The Hall–Kier alpha value is -6.33. The number of ether oxygens (including phenoxy) is 2. The molecule has 1 N–H and O–H groups in total. The summed E-state index contributed by atoms with van der Waals surface area (Å²) in [5.74, 6) is -0.578. The van der Waals surface area contributed by atoms with Gasteiger partial charge in [-0.05, 0) is 68.1 Å². The zero-order valence-corrected chi connectivity index (χ0v) is 34.9. The topological polar surface area (TPSA) is 149 Å². The summed E-state index contributed by atoms with van der Waals surface area (Å²) in [6.45, 7) is 9.23. The average molecular weight is 868 g/mol. The first-order valence-corrected chi connectivity index (χ1v) is 20.5. The number of nitrogens with one attached hydrogen (secondary N) is 1. The fourth-order valence-corrected chi connectivity index (χ4v) is 8.81. The first kappa shape index (κ1) is 41.0. The molecule has 0 bridgehead atoms. The summed E-state index contributed by atoms with van der Waals surface area (Å²) in [5, 5.41) is 7.16. The summed E-state index contributed by atoms with van der Waals surface area (Å²) in [4.78, 5) is 60.0. The Bertz CT molecular complexity index is 2820. The molecule has 1 fully saturated rings. The maximum absolute atomic E-state index is 14.7. The Morgan fingerprint density at radius 1 is 1.02 bits per heavy atom. The van der Waals surface area contributed by atoms with E-state index in [1.54, 1.807) is 16.4 Å². The van der Waals surface area contributed by atoms with E-state index in [9.17, 15) is 27.6 Å². The highest BCUT2D eigenvalue weighted by atomic mass is 35.5. The van der Waals surface area contributed by atoms with Crippen molar-refractivity contribution in [2.45, 2.75) is 71.1 Å². The van der Waals surface area contributed by atoms with Crippen LogP contribution in [0.25, 0.3) is 17.2 Å². The van der Waals surface area contributed by atoms with Crippen molar-refractivity contribution < 1.29 is 32.2 Å². The monoisotopic (exact) mass is 867 g/mol. The molecule has 14 nitrogen and oxygen atoms in total. The summed E-state index contributed by atoms with van der Waals surface area (Å²) in [5.41, 5.74) is 3.20. The van der Waals surface area contributed by atoms with Gasteiger partial charge in [0.1, 0.15) is 24.7 Å². The molecule has 18 heteroatoms. The van der Waals surface area contributed by atoms with Crippen LogP contribution in [0.1, 0.15) is 83.3 Å². The molecule has 320 valence electrons. The molecule has 2 amide bonds. The van der Waals surface area contributed by atoms with Gasteiger partial charge in [0.25, 0.3) is 11.5 Å². The predicted molar refractivity (Wildman–Crippen MR) is 223 cm³/mol. The third kappa shape index (κ3) is 7.31. The molecule has 3 aromatic carbocycles. The van der Waals surface area contributed by atoms with Crippen molar-refractivity contribution >= 4 is 40.6 Å². The number of anilines is 2. The van der Waals surface area contributed by atoms with Gasteiger partial charge < -0.3 is 24.6 Å². The van der Waals surface area contributed by atoms with Crippen molar-refractivity contribution in [1.29, 1.82) is 0 Å². The molecule has 6 aromatic rings. The molecule has 0 radical (unpaired) electrons. The van der Waals surface area contributed by atoms with Gasteiger partial charge in [-0.25, -0.2) is 9.97 Å². The van der Waals surface area contributed by atoms with E-state index in [1.165, 1.54) is 10.8 Å². The van der Waals surface area contributed by atoms with Crippen molar-refractivity contribution in [3.05, 3.63) is 128 Å². The molecule has 6 heterocycles. The van der Waals surface area contributed by atoms with Gasteiger partial charge in [-0.1, -0.05) is 61.0 Å². The number of hydrogen-bond acceptors (Lipinski definition) is 10. The van der Waals surface area contributed by atoms with Crippen LogP contribution >= 0.6 is 11.6 Å². The number of benzene rings is 3. The minimum absolute atomic E-state index is 0.00166. The fraction of sp³-hybridized carbons (Fsp3) is 0.341. The SMILES string of the molecule is Cc1ncnc(C(=O)N2CCN(c3c4n(c5nc(-c6ccc7c(c6)COC7(C)C)nn5c3=O)C(C(=O)Nc3ccc(C(F)(F)F)cc3Cl)C[C@H]4C)CC2)c1OCc1ccccc1. The van der Waals surface area contributed by atoms with E-state index < -0.39 is 34.8 Å². The fourth-order valence-electron chi connectivity index (χ4n) is 8.59. The van der Waals surface area contributed by atoms with E-state index in [1.807, 2.05) is 74.2 Å². The van der Waals surface area contributed by atoms with Gasteiger partial charge >= 0.3 is 6.18 Å². The van der Waals surface area contributed by atoms with Crippen LogP contribution in [-0.2, 0) is 34.5 Å². The number of piperazine rings is 1. The number of hydrogen-bond donors (Lipinski definition) is 1. The van der Waals surface area contributed by atoms with Gasteiger partial charge in [0, 0.05) is 37.7 Å². The molecule has 0 saturated carbocycles. The maximum Gasteiger partial charge on any atom is 0.416 e. The van der Waals surface area contributed by atoms with Crippen LogP contribution in [0.2, 0.25) is 5.02 Å². The largest absolute Gasteiger partial charge is 0.485 e. The van der Waals surface area contributed by atoms with Gasteiger partial charge in [-0.15, -0.1) is 5.10 Å². The van der Waals surface area contributed by atoms with E-state index in [0.717, 1.165) is 34.9 Å². The number of carbonyl (C=O) groups is 2. The second-order valence-corrected chi connectivity index (χ2v) is 16.7. The smallest absolute Gasteiger partial charge is 0.416 e. The number of rotatable bonds is 8. The Morgan fingerprint density at radius 3 is 2.50 bits per heavy atom. The first-order valence-electron chi connectivity index (χ1n) is 20.1. The average Bonchev–Trinajstić information content (AvgIpc) is 3.94. The van der Waals surface area contributed by atoms with Crippen LogP contribution in [0.15, 0.2) is 77.9 Å². The zero-order valence-electron chi connectivity index (χ0n) is 34.2. The number of carbonyl (C=O) groups excluding carboxylic acids is 2. The highest BCUT2D eigenvalue weighted by Crippen LogP contribution is 2.43. The molecule has 3 aliphatic rings. The van der Waals surface area contributed by atoms with Crippen LogP contribution in [0.4, 0.5) is 24.5 Å². The number of fused-ring (bicyclic) bond motifs is 4. The van der Waals surface area contributed by atoms with Crippen LogP contribution < -0.4 is 20.5 Å². The van der Waals surface area contributed by atoms with Crippen molar-refractivity contribution in [3.8, 4) is 17.1 Å². The third-order valence-corrected chi connectivity index (χ3v) is 12.1. The van der Waals surface area contributed by atoms with E-state index in [4.69, 9.17) is 31.2 Å². The van der Waals surface area contributed by atoms with Gasteiger partial charge in [0.2, 0.25) is 11.7 Å². The van der Waals surface area contributed by atoms with Crippen LogP contribution in [-0.4, -0.2) is 72.0 Å². The van der Waals surface area contributed by atoms with Crippen LogP contribution in [0, 0.1) is 6.92 Å². The van der Waals surface area contributed by atoms with E-state index >= 15 is 0 Å². The molecule has 62 heavy (non-hydrogen) atoms. The van der Waals surface area contributed by atoms with E-state index in [2.05, 4.69) is 15.3 Å². The summed E-state index contributed by atoms with van der Waals surface area (Å²) in [7, 11) is 0. The molecule has 1 unspecified atom stereocenters. The minimum Gasteiger partial charge on any atom is -0.485 e. The summed E-state index contributed by atoms with van der Waals surface area (Å²) < 4.78 is 55.3. The summed E-state index contributed by atoms with van der Waals surface area (Å²) in [6, 6.07) is 17.1. The minimum atomic E-state index is -4.62. The van der Waals surface area contributed by atoms with Gasteiger partial charge in [-0.2, -0.15) is 22.7 Å². The Labute approximate surface area is 358 Å². The number of nitrogens with zero attached hydrogens (tertiary/aromatic N) is 8. The highest BCUT2D eigenvalue weighted by molar-refractivity contribution is 6.33. The Balaban J connectivity index is 1.06. The quantitative estimate of drug-likeness (QED) is 0.165. The predicted octanol–water partition coefficient (Wildman–Crippen LogP) is 7.32. The number of amides is 2. The molecule has 1 saturated heterocycles. The van der Waals surface area contributed by atoms with E-state index in [0.29, 0.717) is 35.0 Å². The van der Waals surface area contributed by atoms with Crippen molar-refractivity contribution in [2.75, 3.05) is 36.4 Å². The van der Waals surface area contributed by atoms with Crippen LogP contribution in [0.3, 0.4) is 0 Å². The molecule has 3 aromatic heterocycles. The van der Waals surface area contributed by atoms with E-state index in [-0.39, 0.29) is 79.0 Å².